The van der Waals surface area contributed by atoms with Gasteiger partial charge in [0.2, 0.25) is 5.89 Å². The summed E-state index contributed by atoms with van der Waals surface area (Å²) in [7, 11) is 0. The van der Waals surface area contributed by atoms with Gasteiger partial charge in [0.25, 0.3) is 5.89 Å². The molecule has 0 aliphatic carbocycles. The van der Waals surface area contributed by atoms with Gasteiger partial charge in [-0.25, -0.2) is 0 Å². The van der Waals surface area contributed by atoms with Crippen molar-refractivity contribution in [2.75, 3.05) is 26.2 Å². The molecule has 1 saturated heterocycles. The zero-order chi connectivity index (χ0) is 17.9. The lowest BCUT2D eigenvalue weighted by molar-refractivity contribution is 0.115. The highest BCUT2D eigenvalue weighted by Crippen LogP contribution is 2.30. The molecule has 3 aromatic rings. The Kier molecular flexibility index (Phi) is 5.49. The van der Waals surface area contributed by atoms with E-state index in [0.717, 1.165) is 56.5 Å². The zero-order valence-electron chi connectivity index (χ0n) is 15.3. The third-order valence-corrected chi connectivity index (χ3v) is 6.93. The molecule has 1 aliphatic heterocycles. The monoisotopic (exact) mass is 388 g/mol. The molecule has 0 unspecified atom stereocenters. The molecule has 4 rings (SSSR count). The van der Waals surface area contributed by atoms with Gasteiger partial charge in [-0.2, -0.15) is 11.3 Å². The SMILES string of the molecule is CCc1sc(-c2nnc(CN3CCN(Cc4ccsc4)CC3)o2)cc1C. The molecule has 0 radical (unpaired) electrons. The quantitative estimate of drug-likeness (QED) is 0.637. The predicted molar refractivity (Wildman–Crippen MR) is 107 cm³/mol. The molecule has 0 saturated carbocycles. The summed E-state index contributed by atoms with van der Waals surface area (Å²) >= 11 is 3.53. The van der Waals surface area contributed by atoms with Crippen LogP contribution in [-0.4, -0.2) is 46.2 Å². The lowest BCUT2D eigenvalue weighted by Crippen LogP contribution is -2.45. The van der Waals surface area contributed by atoms with E-state index in [0.29, 0.717) is 5.89 Å². The van der Waals surface area contributed by atoms with Crippen molar-refractivity contribution in [2.24, 2.45) is 0 Å². The minimum Gasteiger partial charge on any atom is -0.419 e. The highest BCUT2D eigenvalue weighted by Gasteiger charge is 2.20. The van der Waals surface area contributed by atoms with Crippen molar-refractivity contribution < 1.29 is 4.42 Å². The Balaban J connectivity index is 1.32. The van der Waals surface area contributed by atoms with Gasteiger partial charge in [0.1, 0.15) is 0 Å². The summed E-state index contributed by atoms with van der Waals surface area (Å²) in [6.07, 6.45) is 1.05. The topological polar surface area (TPSA) is 45.4 Å². The minimum absolute atomic E-state index is 0.656. The number of aryl methyl sites for hydroxylation is 2. The van der Waals surface area contributed by atoms with Crippen LogP contribution < -0.4 is 0 Å². The maximum absolute atomic E-state index is 5.93. The van der Waals surface area contributed by atoms with Crippen LogP contribution in [0.3, 0.4) is 0 Å². The highest BCUT2D eigenvalue weighted by molar-refractivity contribution is 7.15. The second kappa shape index (κ2) is 8.00. The molecule has 0 N–H and O–H groups in total. The Bertz CT molecular complexity index is 832. The number of rotatable bonds is 6. The van der Waals surface area contributed by atoms with Crippen LogP contribution in [0.4, 0.5) is 0 Å². The second-order valence-electron chi connectivity index (χ2n) is 6.76. The number of hydrogen-bond donors (Lipinski definition) is 0. The Labute approximate surface area is 162 Å². The highest BCUT2D eigenvalue weighted by atomic mass is 32.1. The fourth-order valence-electron chi connectivity index (χ4n) is 3.33. The van der Waals surface area contributed by atoms with Gasteiger partial charge in [-0.1, -0.05) is 6.92 Å². The summed E-state index contributed by atoms with van der Waals surface area (Å²) in [5, 5.41) is 12.9. The first-order valence-electron chi connectivity index (χ1n) is 9.09. The van der Waals surface area contributed by atoms with Crippen LogP contribution in [0.5, 0.6) is 0 Å². The van der Waals surface area contributed by atoms with Crippen molar-refractivity contribution in [3.63, 3.8) is 0 Å². The number of aromatic nitrogens is 2. The minimum atomic E-state index is 0.656. The first-order valence-corrected chi connectivity index (χ1v) is 10.8. The lowest BCUT2D eigenvalue weighted by Gasteiger charge is -2.33. The first kappa shape index (κ1) is 17.9. The van der Waals surface area contributed by atoms with Gasteiger partial charge in [0, 0.05) is 37.6 Å². The summed E-state index contributed by atoms with van der Waals surface area (Å²) in [4.78, 5) is 7.39. The van der Waals surface area contributed by atoms with E-state index in [1.54, 1.807) is 22.7 Å². The third-order valence-electron chi connectivity index (χ3n) is 4.83. The Hall–Kier alpha value is -1.54. The van der Waals surface area contributed by atoms with Gasteiger partial charge in [-0.15, -0.1) is 21.5 Å². The van der Waals surface area contributed by atoms with Gasteiger partial charge < -0.3 is 4.42 Å². The fourth-order valence-corrected chi connectivity index (χ4v) is 5.03. The fraction of sp³-hybridized carbons (Fsp3) is 0.474. The summed E-state index contributed by atoms with van der Waals surface area (Å²) < 4.78 is 5.93. The van der Waals surface area contributed by atoms with Crippen LogP contribution in [-0.2, 0) is 19.5 Å². The van der Waals surface area contributed by atoms with E-state index in [1.807, 2.05) is 0 Å². The average Bonchev–Trinajstić information content (AvgIpc) is 3.38. The lowest BCUT2D eigenvalue weighted by atomic mass is 10.2. The van der Waals surface area contributed by atoms with Crippen molar-refractivity contribution >= 4 is 22.7 Å². The Morgan fingerprint density at radius 3 is 2.54 bits per heavy atom. The van der Waals surface area contributed by atoms with E-state index in [1.165, 1.54) is 16.0 Å². The van der Waals surface area contributed by atoms with E-state index >= 15 is 0 Å². The van der Waals surface area contributed by atoms with Crippen molar-refractivity contribution in [2.45, 2.75) is 33.4 Å². The van der Waals surface area contributed by atoms with Crippen molar-refractivity contribution in [1.82, 2.24) is 20.0 Å². The molecular formula is C19H24N4OS2. The van der Waals surface area contributed by atoms with Gasteiger partial charge in [-0.3, -0.25) is 9.80 Å². The smallest absolute Gasteiger partial charge is 0.257 e. The molecular weight excluding hydrogens is 364 g/mol. The summed E-state index contributed by atoms with van der Waals surface area (Å²) in [5.74, 6) is 1.37. The van der Waals surface area contributed by atoms with E-state index in [2.05, 4.69) is 56.7 Å². The van der Waals surface area contributed by atoms with Crippen molar-refractivity contribution in [1.29, 1.82) is 0 Å². The number of hydrogen-bond acceptors (Lipinski definition) is 7. The van der Waals surface area contributed by atoms with Gasteiger partial charge in [0.05, 0.1) is 11.4 Å². The third kappa shape index (κ3) is 4.06. The molecule has 1 fully saturated rings. The van der Waals surface area contributed by atoms with E-state index in [4.69, 9.17) is 4.42 Å². The largest absolute Gasteiger partial charge is 0.419 e. The molecule has 26 heavy (non-hydrogen) atoms. The predicted octanol–water partition coefficient (Wildman–Crippen LogP) is 4.05. The second-order valence-corrected chi connectivity index (χ2v) is 8.67. The zero-order valence-corrected chi connectivity index (χ0v) is 16.9. The standard InChI is InChI=1S/C19H24N4OS2/c1-3-16-14(2)10-17(26-16)19-21-20-18(24-19)12-23-7-5-22(6-8-23)11-15-4-9-25-13-15/h4,9-10,13H,3,5-8,11-12H2,1-2H3. The maximum atomic E-state index is 5.93. The number of piperazine rings is 1. The first-order chi connectivity index (χ1) is 12.7. The molecule has 0 bridgehead atoms. The Morgan fingerprint density at radius 1 is 1.12 bits per heavy atom. The maximum Gasteiger partial charge on any atom is 0.257 e. The molecule has 138 valence electrons. The molecule has 0 spiro atoms. The summed E-state index contributed by atoms with van der Waals surface area (Å²) in [5.41, 5.74) is 2.73. The van der Waals surface area contributed by atoms with Crippen molar-refractivity contribution in [3.05, 3.63) is 44.8 Å². The normalized spacial score (nSPS) is 16.4. The van der Waals surface area contributed by atoms with Crippen LogP contribution >= 0.6 is 22.7 Å². The Morgan fingerprint density at radius 2 is 1.88 bits per heavy atom. The summed E-state index contributed by atoms with van der Waals surface area (Å²) in [6, 6.07) is 4.37. The molecule has 1 aliphatic rings. The molecule has 4 heterocycles. The van der Waals surface area contributed by atoms with Crippen LogP contribution in [0.1, 0.15) is 28.8 Å². The van der Waals surface area contributed by atoms with Crippen LogP contribution in [0.25, 0.3) is 10.8 Å². The number of thiophene rings is 2. The molecule has 3 aromatic heterocycles. The van der Waals surface area contributed by atoms with E-state index < -0.39 is 0 Å². The molecule has 5 nitrogen and oxygen atoms in total. The van der Waals surface area contributed by atoms with Crippen LogP contribution in [0, 0.1) is 6.92 Å². The van der Waals surface area contributed by atoms with Crippen LogP contribution in [0.2, 0.25) is 0 Å². The van der Waals surface area contributed by atoms with E-state index in [9.17, 15) is 0 Å². The van der Waals surface area contributed by atoms with Crippen LogP contribution in [0.15, 0.2) is 27.3 Å². The average molecular weight is 389 g/mol. The molecule has 0 amide bonds. The number of nitrogens with zero attached hydrogens (tertiary/aromatic N) is 4. The van der Waals surface area contributed by atoms with Gasteiger partial charge in [0.15, 0.2) is 0 Å². The van der Waals surface area contributed by atoms with Gasteiger partial charge in [-0.05, 0) is 47.4 Å². The molecule has 7 heteroatoms. The van der Waals surface area contributed by atoms with Crippen molar-refractivity contribution in [3.8, 4) is 10.8 Å². The van der Waals surface area contributed by atoms with Gasteiger partial charge >= 0.3 is 0 Å². The molecule has 0 aromatic carbocycles. The van der Waals surface area contributed by atoms with E-state index in [-0.39, 0.29) is 0 Å². The molecule has 0 atom stereocenters. The summed E-state index contributed by atoms with van der Waals surface area (Å²) in [6.45, 7) is 10.4.